The lowest BCUT2D eigenvalue weighted by Gasteiger charge is -2.21. The van der Waals surface area contributed by atoms with Crippen molar-refractivity contribution in [3.63, 3.8) is 0 Å². The summed E-state index contributed by atoms with van der Waals surface area (Å²) in [4.78, 5) is 34.6. The van der Waals surface area contributed by atoms with Gasteiger partial charge < -0.3 is 10.1 Å². The number of carbonyl (C=O) groups excluding carboxylic acids is 2. The maximum absolute atomic E-state index is 12.3. The van der Waals surface area contributed by atoms with Crippen LogP contribution in [0.25, 0.3) is 0 Å². The molecule has 0 fully saturated rings. The van der Waals surface area contributed by atoms with E-state index in [-0.39, 0.29) is 22.3 Å². The van der Waals surface area contributed by atoms with Gasteiger partial charge >= 0.3 is 5.97 Å². The first-order valence-electron chi connectivity index (χ1n) is 8.73. The Morgan fingerprint density at radius 1 is 1.18 bits per heavy atom. The number of esters is 1. The molecular weight excluding hydrogens is 384 g/mol. The maximum Gasteiger partial charge on any atom is 0.340 e. The zero-order valence-corrected chi connectivity index (χ0v) is 16.3. The van der Waals surface area contributed by atoms with Gasteiger partial charge in [0.2, 0.25) is 0 Å². The molecule has 2 aromatic carbocycles. The van der Waals surface area contributed by atoms with E-state index in [0.717, 1.165) is 18.1 Å². The lowest BCUT2D eigenvalue weighted by atomic mass is 9.97. The third-order valence-corrected chi connectivity index (χ3v) is 4.29. The van der Waals surface area contributed by atoms with Crippen LogP contribution in [0.5, 0.6) is 0 Å². The van der Waals surface area contributed by atoms with Crippen LogP contribution in [0.4, 0.5) is 5.69 Å². The number of nitro groups is 1. The van der Waals surface area contributed by atoms with E-state index in [9.17, 15) is 19.7 Å². The molecule has 0 unspecified atom stereocenters. The van der Waals surface area contributed by atoms with Crippen LogP contribution in [0, 0.1) is 16.0 Å². The minimum Gasteiger partial charge on any atom is -0.452 e. The van der Waals surface area contributed by atoms with Crippen LogP contribution in [-0.4, -0.2) is 23.4 Å². The molecular formula is C20H21ClN2O5. The standard InChI is InChI=1S/C20H21ClN2O5/c1-13(2)10-18(14-6-4-3-5-7-14)22-19(24)12-28-20(25)16-11-15(23(26)27)8-9-17(16)21/h3-9,11,13,18H,10,12H2,1-2H3,(H,22,24)/t18-/m1/s1. The molecule has 0 radical (unpaired) electrons. The van der Waals surface area contributed by atoms with Gasteiger partial charge in [0.05, 0.1) is 21.6 Å². The van der Waals surface area contributed by atoms with E-state index in [0.29, 0.717) is 5.92 Å². The molecule has 0 aromatic heterocycles. The van der Waals surface area contributed by atoms with Crippen LogP contribution in [0.3, 0.4) is 0 Å². The van der Waals surface area contributed by atoms with Crippen LogP contribution < -0.4 is 5.32 Å². The smallest absolute Gasteiger partial charge is 0.340 e. The second-order valence-corrected chi connectivity index (χ2v) is 7.06. The van der Waals surface area contributed by atoms with Crippen LogP contribution in [0.15, 0.2) is 48.5 Å². The highest BCUT2D eigenvalue weighted by atomic mass is 35.5. The number of non-ortho nitro benzene ring substituents is 1. The zero-order chi connectivity index (χ0) is 20.7. The topological polar surface area (TPSA) is 98.5 Å². The Labute approximate surface area is 167 Å². The molecule has 8 heteroatoms. The molecule has 7 nitrogen and oxygen atoms in total. The molecule has 0 spiro atoms. The summed E-state index contributed by atoms with van der Waals surface area (Å²) in [6.07, 6.45) is 0.723. The van der Waals surface area contributed by atoms with Crippen molar-refractivity contribution >= 4 is 29.2 Å². The third kappa shape index (κ3) is 6.06. The van der Waals surface area contributed by atoms with E-state index in [1.165, 1.54) is 12.1 Å². The van der Waals surface area contributed by atoms with Gasteiger partial charge in [0, 0.05) is 12.1 Å². The van der Waals surface area contributed by atoms with Crippen molar-refractivity contribution in [3.8, 4) is 0 Å². The predicted octanol–water partition coefficient (Wildman–Crippen LogP) is 4.31. The molecule has 2 rings (SSSR count). The molecule has 0 aliphatic carbocycles. The van der Waals surface area contributed by atoms with Crippen LogP contribution >= 0.6 is 11.6 Å². The van der Waals surface area contributed by atoms with E-state index < -0.39 is 23.4 Å². The largest absolute Gasteiger partial charge is 0.452 e. The summed E-state index contributed by atoms with van der Waals surface area (Å²) in [7, 11) is 0. The van der Waals surface area contributed by atoms with Gasteiger partial charge in [0.15, 0.2) is 6.61 Å². The molecule has 1 atom stereocenters. The highest BCUT2D eigenvalue weighted by Gasteiger charge is 2.20. The van der Waals surface area contributed by atoms with Gasteiger partial charge in [-0.05, 0) is 24.0 Å². The Kier molecular flexibility index (Phi) is 7.52. The van der Waals surface area contributed by atoms with E-state index in [2.05, 4.69) is 5.32 Å². The van der Waals surface area contributed by atoms with Crippen LogP contribution in [-0.2, 0) is 9.53 Å². The van der Waals surface area contributed by atoms with Gasteiger partial charge in [-0.1, -0.05) is 55.8 Å². The molecule has 0 bridgehead atoms. The Morgan fingerprint density at radius 3 is 2.46 bits per heavy atom. The first kappa shape index (κ1) is 21.4. The summed E-state index contributed by atoms with van der Waals surface area (Å²) in [5, 5.41) is 13.7. The Balaban J connectivity index is 2.01. The summed E-state index contributed by atoms with van der Waals surface area (Å²) < 4.78 is 4.99. The molecule has 0 saturated heterocycles. The van der Waals surface area contributed by atoms with E-state index in [4.69, 9.17) is 16.3 Å². The fourth-order valence-corrected chi connectivity index (χ4v) is 2.86. The van der Waals surface area contributed by atoms with Crippen LogP contribution in [0.2, 0.25) is 5.02 Å². The number of ether oxygens (including phenoxy) is 1. The molecule has 1 N–H and O–H groups in total. The van der Waals surface area contributed by atoms with Crippen molar-refractivity contribution in [2.45, 2.75) is 26.3 Å². The van der Waals surface area contributed by atoms with Crippen molar-refractivity contribution in [1.82, 2.24) is 5.32 Å². The fourth-order valence-electron chi connectivity index (χ4n) is 2.66. The van der Waals surface area contributed by atoms with Crippen molar-refractivity contribution in [2.75, 3.05) is 6.61 Å². The monoisotopic (exact) mass is 404 g/mol. The lowest BCUT2D eigenvalue weighted by Crippen LogP contribution is -2.33. The summed E-state index contributed by atoms with van der Waals surface area (Å²) in [6.45, 7) is 3.58. The minimum absolute atomic E-state index is 0.0120. The molecule has 1 amide bonds. The number of hydrogen-bond donors (Lipinski definition) is 1. The number of amides is 1. The van der Waals surface area contributed by atoms with E-state index >= 15 is 0 Å². The number of nitro benzene ring substituents is 1. The number of hydrogen-bond acceptors (Lipinski definition) is 5. The average molecular weight is 405 g/mol. The second-order valence-electron chi connectivity index (χ2n) is 6.66. The van der Waals surface area contributed by atoms with Gasteiger partial charge in [0.25, 0.3) is 11.6 Å². The number of nitrogens with one attached hydrogen (secondary N) is 1. The zero-order valence-electron chi connectivity index (χ0n) is 15.6. The van der Waals surface area contributed by atoms with Crippen LogP contribution in [0.1, 0.15) is 42.2 Å². The Bertz CT molecular complexity index is 855. The second kappa shape index (κ2) is 9.85. The molecule has 0 heterocycles. The molecule has 2 aromatic rings. The Morgan fingerprint density at radius 2 is 1.86 bits per heavy atom. The summed E-state index contributed by atoms with van der Waals surface area (Å²) >= 11 is 5.91. The molecule has 148 valence electrons. The average Bonchev–Trinajstić information content (AvgIpc) is 2.66. The third-order valence-electron chi connectivity index (χ3n) is 3.96. The van der Waals surface area contributed by atoms with Gasteiger partial charge in [-0.15, -0.1) is 0 Å². The first-order valence-corrected chi connectivity index (χ1v) is 9.11. The number of nitrogens with zero attached hydrogens (tertiary/aromatic N) is 1. The maximum atomic E-state index is 12.3. The number of benzene rings is 2. The summed E-state index contributed by atoms with van der Waals surface area (Å²) in [5.74, 6) is -1.02. The van der Waals surface area contributed by atoms with Crippen molar-refractivity contribution < 1.29 is 19.2 Å². The van der Waals surface area contributed by atoms with Gasteiger partial charge in [-0.2, -0.15) is 0 Å². The van der Waals surface area contributed by atoms with Gasteiger partial charge in [-0.3, -0.25) is 14.9 Å². The highest BCUT2D eigenvalue weighted by molar-refractivity contribution is 6.33. The predicted molar refractivity (Wildman–Crippen MR) is 105 cm³/mol. The normalized spacial score (nSPS) is 11.7. The van der Waals surface area contributed by atoms with E-state index in [1.54, 1.807) is 0 Å². The van der Waals surface area contributed by atoms with Gasteiger partial charge in [-0.25, -0.2) is 4.79 Å². The first-order chi connectivity index (χ1) is 13.3. The Hall–Kier alpha value is -2.93. The van der Waals surface area contributed by atoms with Crippen molar-refractivity contribution in [2.24, 2.45) is 5.92 Å². The molecule has 0 saturated carbocycles. The quantitative estimate of drug-likeness (QED) is 0.401. The SMILES string of the molecule is CC(C)C[C@@H](NC(=O)COC(=O)c1cc([N+](=O)[O-])ccc1Cl)c1ccccc1. The van der Waals surface area contributed by atoms with E-state index in [1.807, 2.05) is 44.2 Å². The number of halogens is 1. The minimum atomic E-state index is -0.899. The molecule has 0 aliphatic heterocycles. The highest BCUT2D eigenvalue weighted by Crippen LogP contribution is 2.23. The fraction of sp³-hybridized carbons (Fsp3) is 0.300. The number of rotatable bonds is 8. The van der Waals surface area contributed by atoms with Crippen molar-refractivity contribution in [3.05, 3.63) is 74.8 Å². The molecule has 28 heavy (non-hydrogen) atoms. The summed E-state index contributed by atoms with van der Waals surface area (Å²) in [6, 6.07) is 12.7. The molecule has 0 aliphatic rings. The lowest BCUT2D eigenvalue weighted by molar-refractivity contribution is -0.384. The van der Waals surface area contributed by atoms with Crippen molar-refractivity contribution in [1.29, 1.82) is 0 Å². The summed E-state index contributed by atoms with van der Waals surface area (Å²) in [5.41, 5.74) is 0.505. The van der Waals surface area contributed by atoms with Gasteiger partial charge in [0.1, 0.15) is 0 Å². The number of carbonyl (C=O) groups is 2.